The van der Waals surface area contributed by atoms with Gasteiger partial charge in [0.25, 0.3) is 0 Å². The molecule has 2 heterocycles. The lowest BCUT2D eigenvalue weighted by Gasteiger charge is -2.04. The topological polar surface area (TPSA) is 101 Å². The summed E-state index contributed by atoms with van der Waals surface area (Å²) in [5.74, 6) is -1.75. The van der Waals surface area contributed by atoms with Gasteiger partial charge < -0.3 is 14.9 Å². The molecule has 2 aromatic rings. The summed E-state index contributed by atoms with van der Waals surface area (Å²) < 4.78 is 5.59. The Morgan fingerprint density at radius 2 is 1.74 bits per heavy atom. The number of fused-ring (bicyclic) bond motifs is 2. The fourth-order valence-electron chi connectivity index (χ4n) is 1.85. The van der Waals surface area contributed by atoms with Gasteiger partial charge in [0.15, 0.2) is 0 Å². The Morgan fingerprint density at radius 3 is 2.39 bits per heavy atom. The first-order valence-corrected chi connectivity index (χ1v) is 7.34. The lowest BCUT2D eigenvalue weighted by Crippen LogP contribution is -1.98. The molecule has 0 fully saturated rings. The van der Waals surface area contributed by atoms with Crippen molar-refractivity contribution < 1.29 is 29.3 Å². The monoisotopic (exact) mass is 332 g/mol. The second-order valence-corrected chi connectivity index (χ2v) is 5.31. The van der Waals surface area contributed by atoms with E-state index in [0.29, 0.717) is 30.1 Å². The van der Waals surface area contributed by atoms with Gasteiger partial charge in [-0.1, -0.05) is 12.1 Å². The minimum atomic E-state index is -1.26. The molecule has 2 N–H and O–H groups in total. The van der Waals surface area contributed by atoms with Crippen LogP contribution in [0.4, 0.5) is 0 Å². The fourth-order valence-corrected chi connectivity index (χ4v) is 2.71. The molecule has 23 heavy (non-hydrogen) atoms. The Labute approximate surface area is 135 Å². The molecule has 1 aliphatic rings. The molecule has 118 valence electrons. The van der Waals surface area contributed by atoms with Crippen molar-refractivity contribution in [2.75, 3.05) is 0 Å². The molecule has 0 bridgehead atoms. The Balaban J connectivity index is 0.000000207. The Kier molecular flexibility index (Phi) is 5.27. The third-order valence-corrected chi connectivity index (χ3v) is 3.79. The highest BCUT2D eigenvalue weighted by Gasteiger charge is 2.22. The summed E-state index contributed by atoms with van der Waals surface area (Å²) in [5.41, 5.74) is 1.65. The second-order valence-electron chi connectivity index (χ2n) is 4.40. The summed E-state index contributed by atoms with van der Waals surface area (Å²) in [5, 5.41) is 17.6. The number of thiophene rings is 1. The number of hydrogen-bond acceptors (Lipinski definition) is 5. The van der Waals surface area contributed by atoms with E-state index in [0.717, 1.165) is 10.4 Å². The zero-order valence-electron chi connectivity index (χ0n) is 11.8. The van der Waals surface area contributed by atoms with E-state index < -0.39 is 11.9 Å². The standard InChI is InChI=1S/C12H8O2S.C4H4O4/c13-11-9-3-1-2-4-10(9)14-7-8-5-6-15-12(8)11;5-3(6)1-2-4(7)8/h1-6H,7H2;1-2H,(H,5,6)(H,7,8)/b;2-1+. The number of rotatable bonds is 2. The van der Waals surface area contributed by atoms with Crippen LogP contribution in [0.5, 0.6) is 5.75 Å². The molecule has 0 saturated heterocycles. The van der Waals surface area contributed by atoms with E-state index >= 15 is 0 Å². The summed E-state index contributed by atoms with van der Waals surface area (Å²) in [6.07, 6.45) is 1.12. The maximum atomic E-state index is 12.1. The molecule has 7 heteroatoms. The Morgan fingerprint density at radius 1 is 1.09 bits per heavy atom. The average Bonchev–Trinajstić information content (AvgIpc) is 2.95. The number of benzene rings is 1. The molecular weight excluding hydrogens is 320 g/mol. The quantitative estimate of drug-likeness (QED) is 0.820. The number of aliphatic carboxylic acids is 2. The van der Waals surface area contributed by atoms with E-state index in [1.807, 2.05) is 35.7 Å². The van der Waals surface area contributed by atoms with Crippen LogP contribution in [0.1, 0.15) is 20.8 Å². The lowest BCUT2D eigenvalue weighted by molar-refractivity contribution is -0.134. The highest BCUT2D eigenvalue weighted by atomic mass is 32.1. The van der Waals surface area contributed by atoms with E-state index in [1.165, 1.54) is 11.3 Å². The number of hydrogen-bond donors (Lipinski definition) is 2. The van der Waals surface area contributed by atoms with E-state index in [4.69, 9.17) is 14.9 Å². The normalized spacial score (nSPS) is 12.3. The third-order valence-electron chi connectivity index (χ3n) is 2.84. The molecule has 0 spiro atoms. The summed E-state index contributed by atoms with van der Waals surface area (Å²) in [6.45, 7) is 0.488. The third kappa shape index (κ3) is 4.27. The van der Waals surface area contributed by atoms with Gasteiger partial charge in [0.05, 0.1) is 10.4 Å². The number of carboxylic acids is 2. The van der Waals surface area contributed by atoms with Gasteiger partial charge in [-0.2, -0.15) is 0 Å². The molecule has 0 saturated carbocycles. The van der Waals surface area contributed by atoms with E-state index in [1.54, 1.807) is 0 Å². The zero-order valence-corrected chi connectivity index (χ0v) is 12.6. The maximum Gasteiger partial charge on any atom is 0.328 e. The van der Waals surface area contributed by atoms with Crippen molar-refractivity contribution in [3.05, 3.63) is 63.9 Å². The number of carbonyl (C=O) groups excluding carboxylic acids is 1. The molecule has 0 amide bonds. The minimum absolute atomic E-state index is 0.0769. The summed E-state index contributed by atoms with van der Waals surface area (Å²) >= 11 is 1.48. The second kappa shape index (κ2) is 7.37. The first-order chi connectivity index (χ1) is 11.0. The van der Waals surface area contributed by atoms with E-state index in [9.17, 15) is 14.4 Å². The van der Waals surface area contributed by atoms with Crippen molar-refractivity contribution in [1.82, 2.24) is 0 Å². The molecule has 0 unspecified atom stereocenters. The predicted octanol–water partition coefficient (Wildman–Crippen LogP) is 2.58. The maximum absolute atomic E-state index is 12.1. The van der Waals surface area contributed by atoms with Crippen molar-refractivity contribution in [2.45, 2.75) is 6.61 Å². The van der Waals surface area contributed by atoms with Gasteiger partial charge in [-0.3, -0.25) is 4.79 Å². The molecule has 0 aliphatic carbocycles. The number of ketones is 1. The van der Waals surface area contributed by atoms with Gasteiger partial charge in [0.2, 0.25) is 5.78 Å². The van der Waals surface area contributed by atoms with Crippen LogP contribution in [-0.4, -0.2) is 27.9 Å². The van der Waals surface area contributed by atoms with Crippen LogP contribution in [0.25, 0.3) is 0 Å². The van der Waals surface area contributed by atoms with Crippen LogP contribution in [0.3, 0.4) is 0 Å². The SMILES string of the molecule is O=C(O)/C=C/C(=O)O.O=C1c2ccccc2OCc2ccsc21. The van der Waals surface area contributed by atoms with Crippen LogP contribution in [0, 0.1) is 0 Å². The van der Waals surface area contributed by atoms with Crippen molar-refractivity contribution in [3.8, 4) is 5.75 Å². The van der Waals surface area contributed by atoms with Crippen LogP contribution in [-0.2, 0) is 16.2 Å². The molecule has 0 radical (unpaired) electrons. The largest absolute Gasteiger partial charge is 0.488 e. The van der Waals surface area contributed by atoms with Gasteiger partial charge in [0, 0.05) is 17.7 Å². The van der Waals surface area contributed by atoms with Crippen LogP contribution in [0.15, 0.2) is 47.9 Å². The zero-order chi connectivity index (χ0) is 16.8. The van der Waals surface area contributed by atoms with Gasteiger partial charge in [-0.15, -0.1) is 11.3 Å². The van der Waals surface area contributed by atoms with Crippen LogP contribution >= 0.6 is 11.3 Å². The van der Waals surface area contributed by atoms with Crippen LogP contribution < -0.4 is 4.74 Å². The smallest absolute Gasteiger partial charge is 0.328 e. The molecule has 0 atom stereocenters. The van der Waals surface area contributed by atoms with Crippen molar-refractivity contribution in [1.29, 1.82) is 0 Å². The van der Waals surface area contributed by atoms with E-state index in [2.05, 4.69) is 0 Å². The number of carboxylic acid groups (broad SMARTS) is 2. The van der Waals surface area contributed by atoms with Crippen molar-refractivity contribution in [3.63, 3.8) is 0 Å². The summed E-state index contributed by atoms with van der Waals surface area (Å²) in [4.78, 5) is 32.0. The molecule has 1 aromatic heterocycles. The molecule has 3 rings (SSSR count). The average molecular weight is 332 g/mol. The molecule has 6 nitrogen and oxygen atoms in total. The fraction of sp³-hybridized carbons (Fsp3) is 0.0625. The van der Waals surface area contributed by atoms with Gasteiger partial charge >= 0.3 is 11.9 Å². The van der Waals surface area contributed by atoms with Crippen molar-refractivity contribution >= 4 is 29.1 Å². The molecule has 1 aliphatic heterocycles. The summed E-state index contributed by atoms with van der Waals surface area (Å²) in [7, 11) is 0. The number of para-hydroxylation sites is 1. The van der Waals surface area contributed by atoms with Gasteiger partial charge in [-0.25, -0.2) is 9.59 Å². The highest BCUT2D eigenvalue weighted by Crippen LogP contribution is 2.30. The number of ether oxygens (including phenoxy) is 1. The van der Waals surface area contributed by atoms with Gasteiger partial charge in [0.1, 0.15) is 12.4 Å². The molecular formula is C16H12O6S. The van der Waals surface area contributed by atoms with E-state index in [-0.39, 0.29) is 5.78 Å². The molecule has 1 aromatic carbocycles. The number of carbonyl (C=O) groups is 3. The lowest BCUT2D eigenvalue weighted by atomic mass is 10.1. The first kappa shape index (κ1) is 16.4. The Hall–Kier alpha value is -2.93. The van der Waals surface area contributed by atoms with Gasteiger partial charge in [-0.05, 0) is 23.6 Å². The van der Waals surface area contributed by atoms with Crippen LogP contribution in [0.2, 0.25) is 0 Å². The highest BCUT2D eigenvalue weighted by molar-refractivity contribution is 7.12. The Bertz CT molecular complexity index is 758. The van der Waals surface area contributed by atoms with Crippen molar-refractivity contribution in [2.24, 2.45) is 0 Å². The summed E-state index contributed by atoms with van der Waals surface area (Å²) in [6, 6.07) is 9.34. The minimum Gasteiger partial charge on any atom is -0.488 e. The predicted molar refractivity (Wildman–Crippen MR) is 82.9 cm³/mol. The first-order valence-electron chi connectivity index (χ1n) is 6.46.